The van der Waals surface area contributed by atoms with Crippen LogP contribution in [0.2, 0.25) is 0 Å². The second kappa shape index (κ2) is 12.2. The summed E-state index contributed by atoms with van der Waals surface area (Å²) in [5.41, 5.74) is -0.910. The van der Waals surface area contributed by atoms with Crippen LogP contribution in [-0.4, -0.2) is 54.6 Å². The van der Waals surface area contributed by atoms with E-state index in [1.807, 2.05) is 0 Å². The van der Waals surface area contributed by atoms with Crippen LogP contribution < -0.4 is 0 Å². The molecule has 0 aromatic heterocycles. The lowest BCUT2D eigenvalue weighted by Gasteiger charge is -2.29. The number of phosphoric acid groups is 1. The summed E-state index contributed by atoms with van der Waals surface area (Å²) in [4.78, 5) is 53.7. The molecule has 0 aromatic carbocycles. The smallest absolute Gasteiger partial charge is 0.469 e. The van der Waals surface area contributed by atoms with E-state index in [0.29, 0.717) is 6.42 Å². The van der Waals surface area contributed by atoms with Crippen molar-refractivity contribution >= 4 is 25.7 Å². The molecule has 0 aromatic rings. The Labute approximate surface area is 165 Å². The van der Waals surface area contributed by atoms with E-state index in [4.69, 9.17) is 24.0 Å². The average Bonchev–Trinajstić information content (AvgIpc) is 2.62. The van der Waals surface area contributed by atoms with E-state index in [-0.39, 0.29) is 26.1 Å². The summed E-state index contributed by atoms with van der Waals surface area (Å²) in [5, 5.41) is 0. The monoisotopic (exact) mass is 426 g/mol. The molecule has 3 unspecified atom stereocenters. The summed E-state index contributed by atoms with van der Waals surface area (Å²) in [6.07, 6.45) is 0.672. The maximum atomic E-state index is 12.3. The molecule has 0 bridgehead atoms. The fraction of sp³-hybridized carbons (Fsp3) is 0.824. The van der Waals surface area contributed by atoms with Gasteiger partial charge in [-0.2, -0.15) is 0 Å². The minimum absolute atomic E-state index is 0.0869. The maximum absolute atomic E-state index is 12.3. The van der Waals surface area contributed by atoms with Gasteiger partial charge in [-0.15, -0.1) is 0 Å². The molecule has 0 spiro atoms. The van der Waals surface area contributed by atoms with Gasteiger partial charge in [0, 0.05) is 0 Å². The van der Waals surface area contributed by atoms with Gasteiger partial charge in [-0.1, -0.05) is 13.8 Å². The zero-order valence-corrected chi connectivity index (χ0v) is 17.9. The number of esters is 3. The van der Waals surface area contributed by atoms with Crippen molar-refractivity contribution in [1.29, 1.82) is 0 Å². The molecule has 2 N–H and O–H groups in total. The molecular formula is C17H31O10P. The van der Waals surface area contributed by atoms with E-state index < -0.39 is 49.6 Å². The van der Waals surface area contributed by atoms with Crippen LogP contribution in [0, 0.1) is 17.3 Å². The van der Waals surface area contributed by atoms with Crippen molar-refractivity contribution in [1.82, 2.24) is 0 Å². The van der Waals surface area contributed by atoms with E-state index in [2.05, 4.69) is 4.52 Å². The van der Waals surface area contributed by atoms with E-state index in [1.165, 1.54) is 7.11 Å². The van der Waals surface area contributed by atoms with Crippen LogP contribution >= 0.6 is 7.82 Å². The molecule has 0 amide bonds. The van der Waals surface area contributed by atoms with Gasteiger partial charge in [0.1, 0.15) is 6.61 Å². The standard InChI is InChI=1S/C17H31O10P/c1-6-17(4,16(20)24-5)11-13(15(19)25-7-2)10-12(3)14(18)26-8-9-27-28(21,22)23/h12-13H,6-11H2,1-5H3,(H2,21,22,23). The summed E-state index contributed by atoms with van der Waals surface area (Å²) in [7, 11) is -3.36. The summed E-state index contributed by atoms with van der Waals surface area (Å²) in [6, 6.07) is 0. The maximum Gasteiger partial charge on any atom is 0.469 e. The van der Waals surface area contributed by atoms with Gasteiger partial charge in [0.05, 0.1) is 37.6 Å². The summed E-state index contributed by atoms with van der Waals surface area (Å²) in [5.74, 6) is -3.05. The van der Waals surface area contributed by atoms with Gasteiger partial charge >= 0.3 is 25.7 Å². The van der Waals surface area contributed by atoms with Crippen LogP contribution in [0.15, 0.2) is 0 Å². The first-order chi connectivity index (χ1) is 12.9. The number of phosphoric ester groups is 1. The molecule has 0 aliphatic rings. The van der Waals surface area contributed by atoms with Gasteiger partial charge in [-0.3, -0.25) is 18.9 Å². The first-order valence-corrected chi connectivity index (χ1v) is 10.5. The summed E-state index contributed by atoms with van der Waals surface area (Å²) >= 11 is 0. The molecule has 0 fully saturated rings. The second-order valence-corrected chi connectivity index (χ2v) is 7.93. The predicted molar refractivity (Wildman–Crippen MR) is 97.9 cm³/mol. The molecule has 10 nitrogen and oxygen atoms in total. The molecule has 0 aliphatic heterocycles. The highest BCUT2D eigenvalue weighted by Crippen LogP contribution is 2.36. The number of ether oxygens (including phenoxy) is 3. The summed E-state index contributed by atoms with van der Waals surface area (Å²) in [6.45, 7) is 6.07. The lowest BCUT2D eigenvalue weighted by molar-refractivity contribution is -0.158. The third-order valence-corrected chi connectivity index (χ3v) is 4.92. The van der Waals surface area contributed by atoms with Crippen molar-refractivity contribution < 1.29 is 47.5 Å². The Bertz CT molecular complexity index is 572. The van der Waals surface area contributed by atoms with Gasteiger partial charge in [0.15, 0.2) is 0 Å². The minimum atomic E-state index is -4.63. The quantitative estimate of drug-likeness (QED) is 0.193. The van der Waals surface area contributed by atoms with Crippen LogP contribution in [0.1, 0.15) is 47.0 Å². The van der Waals surface area contributed by atoms with E-state index in [0.717, 1.165) is 0 Å². The zero-order chi connectivity index (χ0) is 22.0. The topological polar surface area (TPSA) is 146 Å². The largest absolute Gasteiger partial charge is 0.469 e. The van der Waals surface area contributed by atoms with Crippen molar-refractivity contribution in [3.63, 3.8) is 0 Å². The molecular weight excluding hydrogens is 395 g/mol. The molecule has 0 heterocycles. The molecule has 0 radical (unpaired) electrons. The molecule has 0 rings (SSSR count). The second-order valence-electron chi connectivity index (χ2n) is 6.69. The van der Waals surface area contributed by atoms with Crippen molar-refractivity contribution in [2.45, 2.75) is 47.0 Å². The minimum Gasteiger partial charge on any atom is -0.469 e. The Morgan fingerprint density at radius 3 is 2.14 bits per heavy atom. The third kappa shape index (κ3) is 9.64. The Balaban J connectivity index is 4.99. The highest BCUT2D eigenvalue weighted by Gasteiger charge is 2.39. The van der Waals surface area contributed by atoms with Crippen molar-refractivity contribution in [2.75, 3.05) is 26.9 Å². The molecule has 0 saturated heterocycles. The van der Waals surface area contributed by atoms with E-state index in [1.54, 1.807) is 27.7 Å². The Kier molecular flexibility index (Phi) is 11.5. The van der Waals surface area contributed by atoms with Crippen molar-refractivity contribution in [3.8, 4) is 0 Å². The zero-order valence-electron chi connectivity index (χ0n) is 17.0. The third-order valence-electron chi connectivity index (χ3n) is 4.40. The molecule has 0 aliphatic carbocycles. The predicted octanol–water partition coefficient (Wildman–Crippen LogP) is 1.82. The Morgan fingerprint density at radius 2 is 1.68 bits per heavy atom. The first-order valence-electron chi connectivity index (χ1n) is 9.01. The molecule has 28 heavy (non-hydrogen) atoms. The molecule has 11 heteroatoms. The van der Waals surface area contributed by atoms with Crippen LogP contribution in [0.3, 0.4) is 0 Å². The fourth-order valence-electron chi connectivity index (χ4n) is 2.65. The number of carbonyl (C=O) groups excluding carboxylic acids is 3. The number of hydrogen-bond acceptors (Lipinski definition) is 8. The van der Waals surface area contributed by atoms with Crippen LogP contribution in [0.25, 0.3) is 0 Å². The number of rotatable bonds is 13. The molecule has 3 atom stereocenters. The van der Waals surface area contributed by atoms with Gasteiger partial charge < -0.3 is 24.0 Å². The normalized spacial score (nSPS) is 15.8. The van der Waals surface area contributed by atoms with Gasteiger partial charge in [0.2, 0.25) is 0 Å². The van der Waals surface area contributed by atoms with Crippen molar-refractivity contribution in [3.05, 3.63) is 0 Å². The molecule has 0 saturated carbocycles. The summed E-state index contributed by atoms with van der Waals surface area (Å²) < 4.78 is 29.6. The van der Waals surface area contributed by atoms with Gasteiger partial charge in [0.25, 0.3) is 0 Å². The highest BCUT2D eigenvalue weighted by atomic mass is 31.2. The van der Waals surface area contributed by atoms with Gasteiger partial charge in [-0.25, -0.2) is 4.57 Å². The Morgan fingerprint density at radius 1 is 1.07 bits per heavy atom. The number of hydrogen-bond donors (Lipinski definition) is 2. The number of methoxy groups -OCH3 is 1. The number of carbonyl (C=O) groups is 3. The molecule has 164 valence electrons. The van der Waals surface area contributed by atoms with E-state index >= 15 is 0 Å². The SMILES string of the molecule is CCOC(=O)C(CC(C)C(=O)OCCOP(=O)(O)O)CC(C)(CC)C(=O)OC. The van der Waals surface area contributed by atoms with Crippen LogP contribution in [-0.2, 0) is 37.7 Å². The highest BCUT2D eigenvalue weighted by molar-refractivity contribution is 7.46. The lowest BCUT2D eigenvalue weighted by Crippen LogP contribution is -2.35. The van der Waals surface area contributed by atoms with Crippen molar-refractivity contribution in [2.24, 2.45) is 17.3 Å². The van der Waals surface area contributed by atoms with Crippen LogP contribution in [0.4, 0.5) is 0 Å². The lowest BCUT2D eigenvalue weighted by atomic mass is 9.76. The first kappa shape index (κ1) is 26.5. The fourth-order valence-corrected chi connectivity index (χ4v) is 2.96. The Hall–Kier alpha value is -1.48. The van der Waals surface area contributed by atoms with Gasteiger partial charge in [-0.05, 0) is 33.1 Å². The average molecular weight is 426 g/mol. The van der Waals surface area contributed by atoms with E-state index in [9.17, 15) is 18.9 Å². The van der Waals surface area contributed by atoms with Crippen LogP contribution in [0.5, 0.6) is 0 Å².